The highest BCUT2D eigenvalue weighted by molar-refractivity contribution is 5.73. The average molecular weight is 341 g/mol. The number of hydrogen-bond donors (Lipinski definition) is 2. The van der Waals surface area contributed by atoms with Crippen LogP contribution in [0.5, 0.6) is 5.75 Å². The molecule has 0 fully saturated rings. The standard InChI is InChI=1S/C18H23N5O2/c24-18(19-11-14-10-13-6-3-4-7-15(13)25-14)20-12-17-22-21-16-8-2-1-5-9-23(16)17/h3-4,6-7,14H,1-2,5,8-12H2,(H2,19,20,24)/t14-/m1/s1. The summed E-state index contributed by atoms with van der Waals surface area (Å²) in [5.74, 6) is 2.78. The summed E-state index contributed by atoms with van der Waals surface area (Å²) in [4.78, 5) is 12.1. The second kappa shape index (κ2) is 7.13. The van der Waals surface area contributed by atoms with Gasteiger partial charge < -0.3 is 19.9 Å². The fraction of sp³-hybridized carbons (Fsp3) is 0.500. The van der Waals surface area contributed by atoms with E-state index in [0.29, 0.717) is 13.1 Å². The van der Waals surface area contributed by atoms with E-state index in [1.54, 1.807) is 0 Å². The number of nitrogens with zero attached hydrogens (tertiary/aromatic N) is 3. The van der Waals surface area contributed by atoms with Crippen LogP contribution in [0.25, 0.3) is 0 Å². The van der Waals surface area contributed by atoms with Crippen molar-refractivity contribution < 1.29 is 9.53 Å². The van der Waals surface area contributed by atoms with Crippen LogP contribution in [0.2, 0.25) is 0 Å². The molecular formula is C18H23N5O2. The Morgan fingerprint density at radius 1 is 1.20 bits per heavy atom. The van der Waals surface area contributed by atoms with Gasteiger partial charge in [0.2, 0.25) is 0 Å². The Balaban J connectivity index is 1.25. The van der Waals surface area contributed by atoms with Crippen LogP contribution in [0.1, 0.15) is 36.5 Å². The second-order valence-electron chi connectivity index (χ2n) is 6.61. The van der Waals surface area contributed by atoms with Crippen molar-refractivity contribution >= 4 is 6.03 Å². The van der Waals surface area contributed by atoms with E-state index in [4.69, 9.17) is 4.74 Å². The molecule has 132 valence electrons. The SMILES string of the molecule is O=C(NCc1nnc2n1CCCCC2)NC[C@H]1Cc2ccccc2O1. The zero-order chi connectivity index (χ0) is 17.1. The highest BCUT2D eigenvalue weighted by atomic mass is 16.5. The lowest BCUT2D eigenvalue weighted by Crippen LogP contribution is -2.41. The summed E-state index contributed by atoms with van der Waals surface area (Å²) in [6.07, 6.45) is 5.32. The van der Waals surface area contributed by atoms with Gasteiger partial charge in [0.1, 0.15) is 17.7 Å². The van der Waals surface area contributed by atoms with E-state index in [-0.39, 0.29) is 12.1 Å². The normalized spacial score (nSPS) is 18.6. The highest BCUT2D eigenvalue weighted by Gasteiger charge is 2.22. The molecule has 1 atom stereocenters. The molecule has 4 rings (SSSR count). The number of carbonyl (C=O) groups excluding carboxylic acids is 1. The minimum absolute atomic E-state index is 0.00693. The van der Waals surface area contributed by atoms with E-state index >= 15 is 0 Å². The lowest BCUT2D eigenvalue weighted by Gasteiger charge is -2.13. The van der Waals surface area contributed by atoms with Gasteiger partial charge in [0, 0.05) is 19.4 Å². The van der Waals surface area contributed by atoms with Crippen molar-refractivity contribution in [2.24, 2.45) is 0 Å². The lowest BCUT2D eigenvalue weighted by atomic mass is 10.1. The number of nitrogens with one attached hydrogen (secondary N) is 2. The van der Waals surface area contributed by atoms with Gasteiger partial charge in [-0.3, -0.25) is 0 Å². The molecule has 0 aliphatic carbocycles. The first-order valence-corrected chi connectivity index (χ1v) is 8.97. The maximum atomic E-state index is 12.1. The predicted molar refractivity (Wildman–Crippen MR) is 92.4 cm³/mol. The number of carbonyl (C=O) groups is 1. The minimum Gasteiger partial charge on any atom is -0.488 e. The first-order valence-electron chi connectivity index (χ1n) is 8.97. The van der Waals surface area contributed by atoms with E-state index in [9.17, 15) is 4.79 Å². The maximum Gasteiger partial charge on any atom is 0.315 e. The topological polar surface area (TPSA) is 81.1 Å². The Morgan fingerprint density at radius 2 is 2.12 bits per heavy atom. The molecule has 1 aromatic carbocycles. The van der Waals surface area contributed by atoms with Crippen molar-refractivity contribution in [1.29, 1.82) is 0 Å². The second-order valence-corrected chi connectivity index (χ2v) is 6.61. The van der Waals surface area contributed by atoms with Gasteiger partial charge in [0.25, 0.3) is 0 Å². The smallest absolute Gasteiger partial charge is 0.315 e. The van der Waals surface area contributed by atoms with Crippen LogP contribution >= 0.6 is 0 Å². The molecule has 7 heteroatoms. The fourth-order valence-electron chi connectivity index (χ4n) is 3.47. The molecule has 2 aliphatic rings. The molecule has 25 heavy (non-hydrogen) atoms. The molecule has 1 aromatic heterocycles. The molecular weight excluding hydrogens is 318 g/mol. The van der Waals surface area contributed by atoms with Gasteiger partial charge in [0.05, 0.1) is 13.1 Å². The zero-order valence-corrected chi connectivity index (χ0v) is 14.2. The summed E-state index contributed by atoms with van der Waals surface area (Å²) in [5.41, 5.74) is 1.20. The van der Waals surface area contributed by atoms with Crippen molar-refractivity contribution in [3.8, 4) is 5.75 Å². The molecule has 0 radical (unpaired) electrons. The van der Waals surface area contributed by atoms with E-state index in [1.807, 2.05) is 18.2 Å². The maximum absolute atomic E-state index is 12.1. The van der Waals surface area contributed by atoms with E-state index in [1.165, 1.54) is 12.0 Å². The third kappa shape index (κ3) is 3.60. The van der Waals surface area contributed by atoms with Crippen LogP contribution in [-0.2, 0) is 25.9 Å². The molecule has 0 saturated carbocycles. The monoisotopic (exact) mass is 341 g/mol. The quantitative estimate of drug-likeness (QED) is 0.889. The summed E-state index contributed by atoms with van der Waals surface area (Å²) < 4.78 is 7.97. The number of ether oxygens (including phenoxy) is 1. The summed E-state index contributed by atoms with van der Waals surface area (Å²) >= 11 is 0. The van der Waals surface area contributed by atoms with Gasteiger partial charge in [-0.25, -0.2) is 4.79 Å². The number of aryl methyl sites for hydroxylation is 1. The Morgan fingerprint density at radius 3 is 3.04 bits per heavy atom. The zero-order valence-electron chi connectivity index (χ0n) is 14.2. The van der Waals surface area contributed by atoms with Crippen molar-refractivity contribution in [3.63, 3.8) is 0 Å². The van der Waals surface area contributed by atoms with Crippen LogP contribution in [0.4, 0.5) is 4.79 Å². The molecule has 2 amide bonds. The summed E-state index contributed by atoms with van der Waals surface area (Å²) in [6.45, 7) is 1.82. The molecule has 0 unspecified atom stereocenters. The van der Waals surface area contributed by atoms with Crippen molar-refractivity contribution in [2.45, 2.75) is 51.3 Å². The van der Waals surface area contributed by atoms with Gasteiger partial charge in [-0.15, -0.1) is 10.2 Å². The van der Waals surface area contributed by atoms with Crippen LogP contribution in [0.3, 0.4) is 0 Å². The molecule has 0 bridgehead atoms. The largest absolute Gasteiger partial charge is 0.488 e. The number of fused-ring (bicyclic) bond motifs is 2. The third-order valence-electron chi connectivity index (χ3n) is 4.80. The van der Waals surface area contributed by atoms with Gasteiger partial charge in [-0.05, 0) is 24.5 Å². The summed E-state index contributed by atoms with van der Waals surface area (Å²) in [6, 6.07) is 7.79. The molecule has 2 aliphatic heterocycles. The average Bonchev–Trinajstić information content (AvgIpc) is 3.14. The van der Waals surface area contributed by atoms with Crippen molar-refractivity contribution in [3.05, 3.63) is 41.5 Å². The summed E-state index contributed by atoms with van der Waals surface area (Å²) in [7, 11) is 0. The van der Waals surface area contributed by atoms with Gasteiger partial charge >= 0.3 is 6.03 Å². The van der Waals surface area contributed by atoms with E-state index in [0.717, 1.165) is 49.6 Å². The Kier molecular flexibility index (Phi) is 4.54. The van der Waals surface area contributed by atoms with Crippen molar-refractivity contribution in [1.82, 2.24) is 25.4 Å². The number of hydrogen-bond acceptors (Lipinski definition) is 4. The molecule has 2 N–H and O–H groups in total. The van der Waals surface area contributed by atoms with E-state index in [2.05, 4.69) is 31.5 Å². The molecule has 2 aromatic rings. The predicted octanol–water partition coefficient (Wildman–Crippen LogP) is 1.81. The molecule has 0 spiro atoms. The fourth-order valence-corrected chi connectivity index (χ4v) is 3.47. The first-order chi connectivity index (χ1) is 12.3. The van der Waals surface area contributed by atoms with Gasteiger partial charge in [-0.2, -0.15) is 0 Å². The summed E-state index contributed by atoms with van der Waals surface area (Å²) in [5, 5.41) is 14.2. The molecule has 7 nitrogen and oxygen atoms in total. The van der Waals surface area contributed by atoms with Crippen LogP contribution in [-0.4, -0.2) is 33.4 Å². The molecule has 0 saturated heterocycles. The van der Waals surface area contributed by atoms with Crippen LogP contribution < -0.4 is 15.4 Å². The van der Waals surface area contributed by atoms with Gasteiger partial charge in [-0.1, -0.05) is 24.6 Å². The number of urea groups is 1. The number of amides is 2. The minimum atomic E-state index is -0.203. The highest BCUT2D eigenvalue weighted by Crippen LogP contribution is 2.27. The number of para-hydroxylation sites is 1. The Labute approximate surface area is 146 Å². The van der Waals surface area contributed by atoms with E-state index < -0.39 is 0 Å². The van der Waals surface area contributed by atoms with Crippen LogP contribution in [0, 0.1) is 0 Å². The van der Waals surface area contributed by atoms with Crippen LogP contribution in [0.15, 0.2) is 24.3 Å². The Hall–Kier alpha value is -2.57. The van der Waals surface area contributed by atoms with Crippen molar-refractivity contribution in [2.75, 3.05) is 6.54 Å². The number of aromatic nitrogens is 3. The first kappa shape index (κ1) is 15.9. The number of benzene rings is 1. The molecule has 3 heterocycles. The third-order valence-corrected chi connectivity index (χ3v) is 4.80. The lowest BCUT2D eigenvalue weighted by molar-refractivity contribution is 0.213. The Bertz CT molecular complexity index is 733. The van der Waals surface area contributed by atoms with Gasteiger partial charge in [0.15, 0.2) is 5.82 Å². The number of rotatable bonds is 4.